The highest BCUT2D eigenvalue weighted by Gasteiger charge is 2.56. The molecule has 6 rings (SSSR count). The summed E-state index contributed by atoms with van der Waals surface area (Å²) in [7, 11) is 0. The predicted octanol–water partition coefficient (Wildman–Crippen LogP) is 5.01. The lowest BCUT2D eigenvalue weighted by Crippen LogP contribution is -2.65. The first-order valence-electron chi connectivity index (χ1n) is 52.0. The molecule has 0 aromatic rings. The molecule has 6 aliphatic heterocycles. The molecule has 0 aliphatic carbocycles. The van der Waals surface area contributed by atoms with Crippen molar-refractivity contribution < 1.29 is 202 Å². The largest absolute Gasteiger partial charge is 0.479 e. The standard InChI is InChI=1S/C50H90O20.C49H88O21/c1-6-7-21-33(22-20-25-36(55)35(54)24-19-17-15-13-11-9-8-10-12-14-16-18-23-34(53)31(4)51)67-49-46(41(59)37(56)27-64-49)70-50-47(42(60)38(57)28-65-50)69-48-44(62)43(61)45(66-32(5)52)39(68-48)29-63-40(58)26-30(2)3;1-5-6-20-31(21-19-24-33(52)32(51)22-17-15-13-11-9-7-8-10-12-14-16-18-23-34(53)46(61)62)67-48-44(39(57)35(54)26-64-48)70-49-45(40(58)36(55)27-65-49)69-47-42(60)41(59)43(66-30(4)50)37(68-47)28-63-38(56)25-29(2)3/h30,33-39,41-50,53-57,59-62H,6-29H2,1-5H3;29,31-37,39-45,47-49,51-55,57-60H,5-28H2,1-4H3,(H,61,62)/t33?,34-,35?,36+,37+,38+,39+,41-,42-,43+,44+,45+,46+,47+,48-,49-,50-;31-,32-,33-,34+,35-,36-,37-,39+,40+,41-,42-,43-,44-,45-,47+,48+,49+/m10/s1. The quantitative estimate of drug-likeness (QED) is 0.0216. The van der Waals surface area contributed by atoms with Crippen LogP contribution < -0.4 is 0 Å². The summed E-state index contributed by atoms with van der Waals surface area (Å²) in [4.78, 5) is 70.4. The number of aliphatic hydroxyl groups is 18. The first-order valence-corrected chi connectivity index (χ1v) is 52.0. The Kier molecular flexibility index (Phi) is 63.1. The highest BCUT2D eigenvalue weighted by molar-refractivity contribution is 5.80. The summed E-state index contributed by atoms with van der Waals surface area (Å²) >= 11 is 0. The van der Waals surface area contributed by atoms with Crippen molar-refractivity contribution in [3.8, 4) is 0 Å². The van der Waals surface area contributed by atoms with Gasteiger partial charge in [0.2, 0.25) is 0 Å². The minimum Gasteiger partial charge on any atom is -0.479 e. The zero-order chi connectivity index (χ0) is 104. The number of Topliss-reactive ketones (excluding diaryl/α,β-unsaturated/α-hetero) is 1. The highest BCUT2D eigenvalue weighted by atomic mass is 16.8. The molecular weight excluding hydrogens is 1850 g/mol. The first kappa shape index (κ1) is 126. The maximum Gasteiger partial charge on any atom is 0.332 e. The third-order valence-corrected chi connectivity index (χ3v) is 26.3. The summed E-state index contributed by atoms with van der Waals surface area (Å²) in [6, 6.07) is 0. The van der Waals surface area contributed by atoms with Gasteiger partial charge < -0.3 is 173 Å². The minimum absolute atomic E-state index is 0.0376. The van der Waals surface area contributed by atoms with Crippen molar-refractivity contribution in [2.75, 3.05) is 39.6 Å². The molecule has 41 heteroatoms. The fourth-order valence-electron chi connectivity index (χ4n) is 17.8. The van der Waals surface area contributed by atoms with E-state index < -0.39 is 265 Å². The number of aliphatic hydroxyl groups excluding tert-OH is 18. The van der Waals surface area contributed by atoms with E-state index in [0.29, 0.717) is 77.0 Å². The lowest BCUT2D eigenvalue weighted by Gasteiger charge is -2.46. The van der Waals surface area contributed by atoms with E-state index in [1.807, 2.05) is 27.7 Å². The zero-order valence-corrected chi connectivity index (χ0v) is 84.2. The highest BCUT2D eigenvalue weighted by Crippen LogP contribution is 2.37. The minimum atomic E-state index is -1.91. The molecule has 6 saturated heterocycles. The molecule has 41 nitrogen and oxygen atoms in total. The number of ketones is 1. The van der Waals surface area contributed by atoms with Gasteiger partial charge in [-0.1, -0.05) is 221 Å². The van der Waals surface area contributed by atoms with Crippen LogP contribution in [0.4, 0.5) is 0 Å². The van der Waals surface area contributed by atoms with Crippen molar-refractivity contribution in [1.29, 1.82) is 0 Å². The summed E-state index contributed by atoms with van der Waals surface area (Å²) < 4.78 is 93.0. The average molecular weight is 2020 g/mol. The summed E-state index contributed by atoms with van der Waals surface area (Å²) in [6.45, 7) is 12.3. The van der Waals surface area contributed by atoms with E-state index in [-0.39, 0.29) is 43.7 Å². The lowest BCUT2D eigenvalue weighted by molar-refractivity contribution is -0.380. The first-order chi connectivity index (χ1) is 66.7. The Labute approximate surface area is 825 Å². The number of carboxylic acid groups (broad SMARTS) is 1. The number of unbranched alkanes of at least 4 members (excludes halogenated alkanes) is 24. The Balaban J connectivity index is 0.000000494. The summed E-state index contributed by atoms with van der Waals surface area (Å²) in [5, 5.41) is 203. The maximum absolute atomic E-state index is 12.4. The maximum atomic E-state index is 12.4. The molecule has 2 unspecified atom stereocenters. The molecule has 34 atom stereocenters. The van der Waals surface area contributed by atoms with Crippen LogP contribution in [0.5, 0.6) is 0 Å². The summed E-state index contributed by atoms with van der Waals surface area (Å²) in [5.41, 5.74) is 0. The van der Waals surface area contributed by atoms with E-state index in [1.54, 1.807) is 13.8 Å². The topological polar surface area (TPSA) is 634 Å². The van der Waals surface area contributed by atoms with Crippen molar-refractivity contribution in [2.45, 2.75) is 541 Å². The van der Waals surface area contributed by atoms with Crippen LogP contribution in [0.15, 0.2) is 0 Å². The van der Waals surface area contributed by atoms with Gasteiger partial charge in [0, 0.05) is 26.7 Å². The smallest absolute Gasteiger partial charge is 0.332 e. The van der Waals surface area contributed by atoms with Crippen molar-refractivity contribution in [3.63, 3.8) is 0 Å². The molecule has 0 aromatic carbocycles. The fraction of sp³-hybridized carbons (Fsp3) is 0.939. The number of carbonyl (C=O) groups excluding carboxylic acids is 5. The van der Waals surface area contributed by atoms with Crippen LogP contribution in [0.3, 0.4) is 0 Å². The van der Waals surface area contributed by atoms with E-state index >= 15 is 0 Å². The monoisotopic (exact) mass is 2020 g/mol. The Morgan fingerprint density at radius 2 is 0.557 bits per heavy atom. The van der Waals surface area contributed by atoms with E-state index in [9.17, 15) is 121 Å². The fourth-order valence-corrected chi connectivity index (χ4v) is 17.8. The molecule has 0 saturated carbocycles. The van der Waals surface area contributed by atoms with Crippen LogP contribution in [0.1, 0.15) is 332 Å². The van der Waals surface area contributed by atoms with Gasteiger partial charge in [0.25, 0.3) is 0 Å². The van der Waals surface area contributed by atoms with E-state index in [1.165, 1.54) is 39.0 Å². The number of aliphatic carboxylic acids is 1. The van der Waals surface area contributed by atoms with Gasteiger partial charge in [0.1, 0.15) is 129 Å². The van der Waals surface area contributed by atoms with Crippen LogP contribution in [0.25, 0.3) is 0 Å². The van der Waals surface area contributed by atoms with E-state index in [2.05, 4.69) is 0 Å². The molecule has 6 aliphatic rings. The van der Waals surface area contributed by atoms with Crippen LogP contribution in [-0.2, 0) is 105 Å². The normalized spacial score (nSPS) is 31.2. The molecule has 19 N–H and O–H groups in total. The van der Waals surface area contributed by atoms with Gasteiger partial charge in [-0.3, -0.25) is 24.0 Å². The molecule has 140 heavy (non-hydrogen) atoms. The average Bonchev–Trinajstić information content (AvgIpc) is 0.785. The molecule has 0 amide bonds. The lowest BCUT2D eigenvalue weighted by atomic mass is 9.98. The van der Waals surface area contributed by atoms with Gasteiger partial charge in [-0.25, -0.2) is 4.79 Å². The van der Waals surface area contributed by atoms with Crippen LogP contribution in [0, 0.1) is 11.8 Å². The number of rotatable bonds is 70. The third kappa shape index (κ3) is 47.1. The molecule has 0 aromatic heterocycles. The Morgan fingerprint density at radius 3 is 0.836 bits per heavy atom. The zero-order valence-electron chi connectivity index (χ0n) is 84.2. The summed E-state index contributed by atoms with van der Waals surface area (Å²) in [6.07, 6.45) is -14.0. The second-order valence-corrected chi connectivity index (χ2v) is 39.8. The van der Waals surface area contributed by atoms with Crippen LogP contribution in [-0.4, -0.2) is 381 Å². The number of ether oxygens (including phenoxy) is 16. The second kappa shape index (κ2) is 69.9. The van der Waals surface area contributed by atoms with Gasteiger partial charge >= 0.3 is 29.8 Å². The number of hydrogen-bond donors (Lipinski definition) is 19. The Bertz CT molecular complexity index is 3090. The molecule has 0 radical (unpaired) electrons. The van der Waals surface area contributed by atoms with E-state index in [0.717, 1.165) is 162 Å². The number of esters is 4. The number of carboxylic acids is 1. The van der Waals surface area contributed by atoms with Crippen molar-refractivity contribution in [3.05, 3.63) is 0 Å². The molecule has 0 spiro atoms. The Hall–Kier alpha value is -4.18. The van der Waals surface area contributed by atoms with Crippen molar-refractivity contribution in [2.24, 2.45) is 11.8 Å². The molecule has 0 bridgehead atoms. The van der Waals surface area contributed by atoms with Gasteiger partial charge in [-0.15, -0.1) is 0 Å². The predicted molar refractivity (Wildman–Crippen MR) is 500 cm³/mol. The van der Waals surface area contributed by atoms with Gasteiger partial charge in [0.15, 0.2) is 61.8 Å². The molecule has 6 fully saturated rings. The number of hydrogen-bond acceptors (Lipinski definition) is 40. The SMILES string of the molecule is CCCCC(CCC[C@H](O)C(O)CCCCCCCCCCCCCC[C@@H](O)C(C)=O)O[C@H]1OC[C@H](O)[C@@H](O)[C@@H]1O[C@H]1OC[C@H](O)[C@@H](O)[C@@H]1O[C@H]1O[C@@H](COC(=O)CC(C)C)[C@H](OC(C)=O)[C@@H](O)[C@@H]1O.CCCC[C@@H](CCC[C@H](O)[C@@H](O)CCCCCCCCCCCCCC[C@@H](O)C(=O)O)O[C@H]1OC[C@H](O)[C@@H](O)[C@@H]1O[C@H]1OC[C@H](O)[C@@H](O)[C@@H]1O[C@H]1O[C@@H](COC(=O)CC(C)C)[C@H](OC(C)=O)[C@@H](O)[C@@H]1O. The Morgan fingerprint density at radius 1 is 0.300 bits per heavy atom. The number of carbonyl (C=O) groups is 6. The van der Waals surface area contributed by atoms with Gasteiger partial charge in [0.05, 0.1) is 63.1 Å². The third-order valence-electron chi connectivity index (χ3n) is 26.3. The molecule has 6 heterocycles. The van der Waals surface area contributed by atoms with Crippen LogP contribution >= 0.6 is 0 Å². The van der Waals surface area contributed by atoms with Crippen molar-refractivity contribution >= 4 is 35.6 Å². The van der Waals surface area contributed by atoms with Crippen molar-refractivity contribution in [1.82, 2.24) is 0 Å². The second-order valence-electron chi connectivity index (χ2n) is 39.8. The van der Waals surface area contributed by atoms with Gasteiger partial charge in [-0.05, 0) is 95.8 Å². The van der Waals surface area contributed by atoms with E-state index in [4.69, 9.17) is 80.9 Å². The van der Waals surface area contributed by atoms with Crippen LogP contribution in [0.2, 0.25) is 0 Å². The molecule has 820 valence electrons. The molecular formula is C99H178O41. The summed E-state index contributed by atoms with van der Waals surface area (Å²) in [5.74, 6) is -4.23. The van der Waals surface area contributed by atoms with Gasteiger partial charge in [-0.2, -0.15) is 0 Å².